The fourth-order valence-electron chi connectivity index (χ4n) is 1.91. The van der Waals surface area contributed by atoms with E-state index in [0.29, 0.717) is 18.8 Å². The zero-order valence-corrected chi connectivity index (χ0v) is 14.5. The second-order valence-electron chi connectivity index (χ2n) is 4.68. The van der Waals surface area contributed by atoms with Gasteiger partial charge in [0.25, 0.3) is 0 Å². The molecule has 1 N–H and O–H groups in total. The molecule has 0 radical (unpaired) electrons. The molecule has 0 aliphatic heterocycles. The minimum atomic E-state index is -0.539. The van der Waals surface area contributed by atoms with Gasteiger partial charge in [0.1, 0.15) is 5.75 Å². The SMILES string of the molecule is CCCC(Oc1ccc(Br)c(CNCC)c1)C(=O)OCC. The van der Waals surface area contributed by atoms with Crippen molar-refractivity contribution in [3.63, 3.8) is 0 Å². The molecule has 0 aromatic heterocycles. The molecule has 4 nitrogen and oxygen atoms in total. The number of benzene rings is 1. The Hall–Kier alpha value is -1.07. The van der Waals surface area contributed by atoms with E-state index in [4.69, 9.17) is 9.47 Å². The average Bonchev–Trinajstić information content (AvgIpc) is 2.47. The summed E-state index contributed by atoms with van der Waals surface area (Å²) in [5, 5.41) is 3.28. The molecule has 0 aliphatic rings. The second kappa shape index (κ2) is 9.79. The first-order valence-electron chi connectivity index (χ1n) is 7.44. The third-order valence-corrected chi connectivity index (χ3v) is 3.73. The number of carbonyl (C=O) groups excluding carboxylic acids is 1. The molecule has 0 saturated carbocycles. The molecule has 5 heteroatoms. The normalized spacial score (nSPS) is 12.0. The van der Waals surface area contributed by atoms with E-state index in [1.807, 2.05) is 25.1 Å². The maximum absolute atomic E-state index is 11.9. The van der Waals surface area contributed by atoms with E-state index < -0.39 is 6.10 Å². The summed E-state index contributed by atoms with van der Waals surface area (Å²) in [6.07, 6.45) is 0.977. The Morgan fingerprint density at radius 1 is 1.33 bits per heavy atom. The molecule has 1 aromatic rings. The van der Waals surface area contributed by atoms with Gasteiger partial charge in [0.15, 0.2) is 6.10 Å². The third-order valence-electron chi connectivity index (χ3n) is 2.96. The van der Waals surface area contributed by atoms with Gasteiger partial charge in [-0.25, -0.2) is 4.79 Å². The van der Waals surface area contributed by atoms with Gasteiger partial charge in [-0.2, -0.15) is 0 Å². The fraction of sp³-hybridized carbons (Fsp3) is 0.562. The highest BCUT2D eigenvalue weighted by molar-refractivity contribution is 9.10. The zero-order chi connectivity index (χ0) is 15.7. The predicted octanol–water partition coefficient (Wildman–Crippen LogP) is 3.67. The summed E-state index contributed by atoms with van der Waals surface area (Å²) in [7, 11) is 0. The first-order valence-corrected chi connectivity index (χ1v) is 8.24. The van der Waals surface area contributed by atoms with Crippen LogP contribution in [0.5, 0.6) is 5.75 Å². The van der Waals surface area contributed by atoms with E-state index in [1.54, 1.807) is 6.92 Å². The van der Waals surface area contributed by atoms with E-state index in [9.17, 15) is 4.79 Å². The Labute approximate surface area is 135 Å². The lowest BCUT2D eigenvalue weighted by molar-refractivity contribution is -0.151. The van der Waals surface area contributed by atoms with Gasteiger partial charge in [0.05, 0.1) is 6.61 Å². The van der Waals surface area contributed by atoms with Crippen LogP contribution in [0, 0.1) is 0 Å². The third kappa shape index (κ3) is 6.06. The smallest absolute Gasteiger partial charge is 0.347 e. The van der Waals surface area contributed by atoms with Crippen molar-refractivity contribution in [2.45, 2.75) is 46.3 Å². The zero-order valence-electron chi connectivity index (χ0n) is 12.9. The number of ether oxygens (including phenoxy) is 2. The van der Waals surface area contributed by atoms with Gasteiger partial charge in [0, 0.05) is 11.0 Å². The van der Waals surface area contributed by atoms with Crippen LogP contribution in [-0.2, 0) is 16.1 Å². The molecule has 1 atom stereocenters. The number of hydrogen-bond donors (Lipinski definition) is 1. The Kier molecular flexibility index (Phi) is 8.38. The largest absolute Gasteiger partial charge is 0.479 e. The number of nitrogens with one attached hydrogen (secondary N) is 1. The average molecular weight is 358 g/mol. The van der Waals surface area contributed by atoms with Crippen LogP contribution in [0.4, 0.5) is 0 Å². The van der Waals surface area contributed by atoms with Crippen molar-refractivity contribution in [2.24, 2.45) is 0 Å². The molecular weight excluding hydrogens is 334 g/mol. The quantitative estimate of drug-likeness (QED) is 0.685. The van der Waals surface area contributed by atoms with E-state index in [2.05, 4.69) is 28.2 Å². The first kappa shape index (κ1) is 18.0. The van der Waals surface area contributed by atoms with Crippen molar-refractivity contribution in [1.29, 1.82) is 0 Å². The van der Waals surface area contributed by atoms with Gasteiger partial charge in [-0.15, -0.1) is 0 Å². The minimum Gasteiger partial charge on any atom is -0.479 e. The van der Waals surface area contributed by atoms with Crippen LogP contribution in [0.15, 0.2) is 22.7 Å². The van der Waals surface area contributed by atoms with Crippen LogP contribution >= 0.6 is 15.9 Å². The highest BCUT2D eigenvalue weighted by Crippen LogP contribution is 2.24. The van der Waals surface area contributed by atoms with Crippen LogP contribution in [0.2, 0.25) is 0 Å². The molecule has 118 valence electrons. The Balaban J connectivity index is 2.80. The van der Waals surface area contributed by atoms with Crippen molar-refractivity contribution in [2.75, 3.05) is 13.2 Å². The van der Waals surface area contributed by atoms with Gasteiger partial charge in [-0.05, 0) is 43.7 Å². The van der Waals surface area contributed by atoms with Crippen LogP contribution in [0.25, 0.3) is 0 Å². The lowest BCUT2D eigenvalue weighted by Crippen LogP contribution is -2.29. The van der Waals surface area contributed by atoms with Gasteiger partial charge in [-0.3, -0.25) is 0 Å². The predicted molar refractivity (Wildman–Crippen MR) is 87.5 cm³/mol. The van der Waals surface area contributed by atoms with Crippen LogP contribution < -0.4 is 10.1 Å². The van der Waals surface area contributed by atoms with Gasteiger partial charge >= 0.3 is 5.97 Å². The first-order chi connectivity index (χ1) is 10.1. The van der Waals surface area contributed by atoms with Crippen LogP contribution in [-0.4, -0.2) is 25.2 Å². The van der Waals surface area contributed by atoms with Crippen molar-refractivity contribution < 1.29 is 14.3 Å². The Morgan fingerprint density at radius 3 is 2.71 bits per heavy atom. The van der Waals surface area contributed by atoms with Crippen molar-refractivity contribution in [3.8, 4) is 5.75 Å². The number of rotatable bonds is 9. The monoisotopic (exact) mass is 357 g/mol. The molecule has 0 spiro atoms. The number of esters is 1. The summed E-state index contributed by atoms with van der Waals surface area (Å²) in [4.78, 5) is 11.9. The standard InChI is InChI=1S/C16H24BrNO3/c1-4-7-15(16(19)20-6-3)21-13-8-9-14(17)12(10-13)11-18-5-2/h8-10,15,18H,4-7,11H2,1-3H3. The Bertz CT molecular complexity index is 451. The van der Waals surface area contributed by atoms with Crippen LogP contribution in [0.3, 0.4) is 0 Å². The molecule has 0 saturated heterocycles. The van der Waals surface area contributed by atoms with Crippen molar-refractivity contribution in [1.82, 2.24) is 5.32 Å². The number of hydrogen-bond acceptors (Lipinski definition) is 4. The lowest BCUT2D eigenvalue weighted by atomic mass is 10.2. The second-order valence-corrected chi connectivity index (χ2v) is 5.54. The molecule has 1 aromatic carbocycles. The minimum absolute atomic E-state index is 0.296. The van der Waals surface area contributed by atoms with E-state index in [-0.39, 0.29) is 5.97 Å². The van der Waals surface area contributed by atoms with Gasteiger partial charge < -0.3 is 14.8 Å². The van der Waals surface area contributed by atoms with Crippen molar-refractivity contribution in [3.05, 3.63) is 28.2 Å². The molecular formula is C16H24BrNO3. The van der Waals surface area contributed by atoms with Gasteiger partial charge in [-0.1, -0.05) is 36.2 Å². The summed E-state index contributed by atoms with van der Waals surface area (Å²) in [5.74, 6) is 0.396. The summed E-state index contributed by atoms with van der Waals surface area (Å²) in [6.45, 7) is 7.91. The summed E-state index contributed by atoms with van der Waals surface area (Å²) in [6, 6.07) is 5.76. The highest BCUT2D eigenvalue weighted by atomic mass is 79.9. The number of halogens is 1. The highest BCUT2D eigenvalue weighted by Gasteiger charge is 2.21. The summed E-state index contributed by atoms with van der Waals surface area (Å²) < 4.78 is 11.9. The maximum atomic E-state index is 11.9. The van der Waals surface area contributed by atoms with Gasteiger partial charge in [0.2, 0.25) is 0 Å². The van der Waals surface area contributed by atoms with E-state index in [0.717, 1.165) is 29.5 Å². The molecule has 0 heterocycles. The molecule has 0 fully saturated rings. The molecule has 21 heavy (non-hydrogen) atoms. The molecule has 0 bridgehead atoms. The number of carbonyl (C=O) groups is 1. The maximum Gasteiger partial charge on any atom is 0.347 e. The molecule has 1 unspecified atom stereocenters. The van der Waals surface area contributed by atoms with Crippen molar-refractivity contribution >= 4 is 21.9 Å². The fourth-order valence-corrected chi connectivity index (χ4v) is 2.29. The molecule has 0 amide bonds. The van der Waals surface area contributed by atoms with E-state index >= 15 is 0 Å². The summed E-state index contributed by atoms with van der Waals surface area (Å²) >= 11 is 3.52. The molecule has 1 rings (SSSR count). The van der Waals surface area contributed by atoms with E-state index in [1.165, 1.54) is 0 Å². The Morgan fingerprint density at radius 2 is 2.10 bits per heavy atom. The topological polar surface area (TPSA) is 47.6 Å². The van der Waals surface area contributed by atoms with Crippen LogP contribution in [0.1, 0.15) is 39.2 Å². The lowest BCUT2D eigenvalue weighted by Gasteiger charge is -2.18. The molecule has 0 aliphatic carbocycles. The summed E-state index contributed by atoms with van der Waals surface area (Å²) in [5.41, 5.74) is 1.11.